The molecule has 9 heteroatoms. The summed E-state index contributed by atoms with van der Waals surface area (Å²) in [6, 6.07) is 12.1. The number of carbonyl (C=O) groups excluding carboxylic acids is 1. The Bertz CT molecular complexity index is 1280. The van der Waals surface area contributed by atoms with Gasteiger partial charge in [0.2, 0.25) is 0 Å². The van der Waals surface area contributed by atoms with Crippen LogP contribution in [0.5, 0.6) is 0 Å². The van der Waals surface area contributed by atoms with Crippen LogP contribution >= 0.6 is 11.8 Å². The fourth-order valence-electron chi connectivity index (χ4n) is 4.31. The second kappa shape index (κ2) is 9.69. The molecular formula is C24H28N4O3S2. The largest absolute Gasteiger partial charge is 0.344 e. The minimum atomic E-state index is -3.03. The fourth-order valence-corrected chi connectivity index (χ4v) is 6.89. The van der Waals surface area contributed by atoms with Crippen LogP contribution in [-0.2, 0) is 22.9 Å². The van der Waals surface area contributed by atoms with Crippen molar-refractivity contribution in [2.24, 2.45) is 0 Å². The molecule has 1 atom stereocenters. The minimum Gasteiger partial charge on any atom is -0.344 e. The predicted molar refractivity (Wildman–Crippen MR) is 131 cm³/mol. The molecule has 1 aliphatic heterocycles. The number of carbonyl (C=O) groups is 1. The van der Waals surface area contributed by atoms with Crippen molar-refractivity contribution >= 4 is 27.4 Å². The Kier molecular flexibility index (Phi) is 6.90. The van der Waals surface area contributed by atoms with E-state index in [2.05, 4.69) is 33.5 Å². The Balaban J connectivity index is 1.49. The third kappa shape index (κ3) is 5.14. The van der Waals surface area contributed by atoms with Gasteiger partial charge in [-0.1, -0.05) is 48.2 Å². The molecule has 1 unspecified atom stereocenters. The van der Waals surface area contributed by atoms with Crippen molar-refractivity contribution in [1.82, 2.24) is 19.3 Å². The topological polar surface area (TPSA) is 86.8 Å². The van der Waals surface area contributed by atoms with Crippen LogP contribution in [0.4, 0.5) is 0 Å². The number of aryl methyl sites for hydroxylation is 1. The maximum atomic E-state index is 13.1. The molecule has 1 aliphatic rings. The van der Waals surface area contributed by atoms with Crippen molar-refractivity contribution in [2.45, 2.75) is 44.4 Å². The van der Waals surface area contributed by atoms with E-state index in [4.69, 9.17) is 0 Å². The van der Waals surface area contributed by atoms with Crippen LogP contribution in [0.1, 0.15) is 45.5 Å². The number of nitrogens with zero attached hydrogens (tertiary/aromatic N) is 4. The lowest BCUT2D eigenvalue weighted by Crippen LogP contribution is -2.12. The Hall–Kier alpha value is -2.65. The van der Waals surface area contributed by atoms with Crippen LogP contribution in [0.3, 0.4) is 0 Å². The van der Waals surface area contributed by atoms with Gasteiger partial charge in [-0.15, -0.1) is 16.8 Å². The van der Waals surface area contributed by atoms with Crippen molar-refractivity contribution in [3.8, 4) is 0 Å². The van der Waals surface area contributed by atoms with Gasteiger partial charge in [0.05, 0.1) is 17.3 Å². The van der Waals surface area contributed by atoms with Gasteiger partial charge in [-0.2, -0.15) is 0 Å². The summed E-state index contributed by atoms with van der Waals surface area (Å²) in [5.74, 6) is 1.03. The summed E-state index contributed by atoms with van der Waals surface area (Å²) in [6.07, 6.45) is 2.29. The van der Waals surface area contributed by atoms with Gasteiger partial charge in [-0.25, -0.2) is 8.42 Å². The number of sulfone groups is 1. The van der Waals surface area contributed by atoms with Crippen molar-refractivity contribution < 1.29 is 13.2 Å². The molecule has 0 bridgehead atoms. The number of ketones is 1. The molecule has 0 N–H and O–H groups in total. The first-order valence-electron chi connectivity index (χ1n) is 10.9. The van der Waals surface area contributed by atoms with E-state index in [0.717, 1.165) is 17.9 Å². The average molecular weight is 485 g/mol. The van der Waals surface area contributed by atoms with Crippen molar-refractivity contribution in [2.75, 3.05) is 17.3 Å². The van der Waals surface area contributed by atoms with E-state index in [9.17, 15) is 13.2 Å². The zero-order valence-corrected chi connectivity index (χ0v) is 20.5. The molecule has 2 aromatic heterocycles. The molecule has 7 nitrogen and oxygen atoms in total. The number of Topliss-reactive ketones (excluding diaryl/α,β-unsaturated/α-hetero) is 1. The van der Waals surface area contributed by atoms with E-state index in [1.807, 2.05) is 42.7 Å². The third-order valence-corrected chi connectivity index (χ3v) is 8.78. The lowest BCUT2D eigenvalue weighted by atomic mass is 10.1. The van der Waals surface area contributed by atoms with Gasteiger partial charge in [0.25, 0.3) is 0 Å². The number of benzene rings is 1. The van der Waals surface area contributed by atoms with E-state index in [-0.39, 0.29) is 29.0 Å². The lowest BCUT2D eigenvalue weighted by Gasteiger charge is -2.11. The molecule has 1 fully saturated rings. The summed E-state index contributed by atoms with van der Waals surface area (Å²) in [7, 11) is -3.03. The van der Waals surface area contributed by atoms with Crippen molar-refractivity contribution in [1.29, 1.82) is 0 Å². The Morgan fingerprint density at radius 2 is 1.97 bits per heavy atom. The molecular weight excluding hydrogens is 456 g/mol. The van der Waals surface area contributed by atoms with Crippen LogP contribution < -0.4 is 0 Å². The molecule has 1 aromatic carbocycles. The average Bonchev–Trinajstić information content (AvgIpc) is 3.44. The highest BCUT2D eigenvalue weighted by Crippen LogP contribution is 2.30. The van der Waals surface area contributed by atoms with Gasteiger partial charge in [0, 0.05) is 36.0 Å². The zero-order valence-electron chi connectivity index (χ0n) is 18.9. The predicted octanol–water partition coefficient (Wildman–Crippen LogP) is 3.81. The van der Waals surface area contributed by atoms with Gasteiger partial charge in [0.1, 0.15) is 5.82 Å². The van der Waals surface area contributed by atoms with E-state index in [1.165, 1.54) is 17.3 Å². The van der Waals surface area contributed by atoms with E-state index in [1.54, 1.807) is 6.08 Å². The first-order valence-corrected chi connectivity index (χ1v) is 13.7. The van der Waals surface area contributed by atoms with Gasteiger partial charge < -0.3 is 9.13 Å². The quantitative estimate of drug-likeness (QED) is 0.261. The van der Waals surface area contributed by atoms with Crippen molar-refractivity contribution in [3.05, 3.63) is 77.4 Å². The van der Waals surface area contributed by atoms with E-state index in [0.29, 0.717) is 29.5 Å². The van der Waals surface area contributed by atoms with Crippen LogP contribution in [0.2, 0.25) is 0 Å². The fraction of sp³-hybridized carbons (Fsp3) is 0.375. The highest BCUT2D eigenvalue weighted by atomic mass is 32.2. The zero-order chi connectivity index (χ0) is 23.6. The molecule has 1 saturated heterocycles. The standard InChI is InChI=1S/C24H28N4O3S2/c1-4-11-27-23(20-10-12-33(30,31)16-20)25-26-24(27)32-15-22(29)21-13-17(2)28(18(21)3)14-19-8-6-5-7-9-19/h4-9,13,20H,1,10-12,14-16H2,2-3H3. The number of thioether (sulfide) groups is 1. The second-order valence-electron chi connectivity index (χ2n) is 8.41. The highest BCUT2D eigenvalue weighted by Gasteiger charge is 2.33. The summed E-state index contributed by atoms with van der Waals surface area (Å²) in [6.45, 7) is 8.99. The van der Waals surface area contributed by atoms with Gasteiger partial charge in [0.15, 0.2) is 20.8 Å². The molecule has 0 aliphatic carbocycles. The first-order chi connectivity index (χ1) is 15.8. The van der Waals surface area contributed by atoms with E-state index >= 15 is 0 Å². The number of hydrogen-bond donors (Lipinski definition) is 0. The molecule has 3 heterocycles. The maximum Gasteiger partial charge on any atom is 0.191 e. The summed E-state index contributed by atoms with van der Waals surface area (Å²) in [5.41, 5.74) is 3.90. The highest BCUT2D eigenvalue weighted by molar-refractivity contribution is 7.99. The SMILES string of the molecule is C=CCn1c(SCC(=O)c2cc(C)n(Cc3ccccc3)c2C)nnc1C1CCS(=O)(=O)C1. The Morgan fingerprint density at radius 1 is 1.21 bits per heavy atom. The van der Waals surface area contributed by atoms with Crippen LogP contribution in [0.15, 0.2) is 54.2 Å². The second-order valence-corrected chi connectivity index (χ2v) is 11.6. The smallest absolute Gasteiger partial charge is 0.191 e. The van der Waals surface area contributed by atoms with Crippen molar-refractivity contribution in [3.63, 3.8) is 0 Å². The summed E-state index contributed by atoms with van der Waals surface area (Å²) >= 11 is 1.33. The van der Waals surface area contributed by atoms with Gasteiger partial charge >= 0.3 is 0 Å². The number of allylic oxidation sites excluding steroid dienone is 1. The monoisotopic (exact) mass is 484 g/mol. The molecule has 0 spiro atoms. The molecule has 4 rings (SSSR count). The van der Waals surface area contributed by atoms with Gasteiger partial charge in [-0.05, 0) is 31.9 Å². The summed E-state index contributed by atoms with van der Waals surface area (Å²) in [4.78, 5) is 13.1. The van der Waals surface area contributed by atoms with Crippen LogP contribution in [0, 0.1) is 13.8 Å². The summed E-state index contributed by atoms with van der Waals surface area (Å²) in [5, 5.41) is 9.16. The molecule has 33 heavy (non-hydrogen) atoms. The van der Waals surface area contributed by atoms with Crippen LogP contribution in [-0.4, -0.2) is 50.8 Å². The normalized spacial score (nSPS) is 17.3. The molecule has 174 valence electrons. The Labute approximate surface area is 198 Å². The van der Waals surface area contributed by atoms with E-state index < -0.39 is 9.84 Å². The first kappa shape index (κ1) is 23.5. The maximum absolute atomic E-state index is 13.1. The molecule has 0 amide bonds. The minimum absolute atomic E-state index is 0.0329. The molecule has 3 aromatic rings. The number of aromatic nitrogens is 4. The molecule has 0 saturated carbocycles. The summed E-state index contributed by atoms with van der Waals surface area (Å²) < 4.78 is 27.9. The van der Waals surface area contributed by atoms with Gasteiger partial charge in [-0.3, -0.25) is 4.79 Å². The van der Waals surface area contributed by atoms with Crippen LogP contribution in [0.25, 0.3) is 0 Å². The Morgan fingerprint density at radius 3 is 2.64 bits per heavy atom. The number of rotatable bonds is 9. The number of hydrogen-bond acceptors (Lipinski definition) is 6. The third-order valence-electron chi connectivity index (χ3n) is 6.04. The lowest BCUT2D eigenvalue weighted by molar-refractivity contribution is 0.102. The molecule has 0 radical (unpaired) electrons.